The summed E-state index contributed by atoms with van der Waals surface area (Å²) < 4.78 is 27.2. The Hall–Kier alpha value is -3.85. The number of aromatic nitrogens is 1. The molecule has 1 aromatic heterocycles. The van der Waals surface area contributed by atoms with E-state index >= 15 is 0 Å². The van der Waals surface area contributed by atoms with Crippen molar-refractivity contribution in [1.29, 1.82) is 0 Å². The van der Waals surface area contributed by atoms with Crippen molar-refractivity contribution in [1.82, 2.24) is 9.88 Å². The van der Waals surface area contributed by atoms with Crippen LogP contribution in [0, 0.1) is 0 Å². The lowest BCUT2D eigenvalue weighted by Gasteiger charge is -2.29. The smallest absolute Gasteiger partial charge is 0.339 e. The zero-order valence-corrected chi connectivity index (χ0v) is 20.2. The van der Waals surface area contributed by atoms with Gasteiger partial charge in [-0.1, -0.05) is 18.2 Å². The summed E-state index contributed by atoms with van der Waals surface area (Å²) in [5.74, 6) is 0.530. The number of ether oxygens (including phenoxy) is 5. The molecule has 9 nitrogen and oxygen atoms in total. The third-order valence-corrected chi connectivity index (χ3v) is 5.85. The van der Waals surface area contributed by atoms with Gasteiger partial charge in [-0.3, -0.25) is 4.79 Å². The summed E-state index contributed by atoms with van der Waals surface area (Å²) in [6.07, 6.45) is -0.933. The minimum atomic E-state index is -0.933. The summed E-state index contributed by atoms with van der Waals surface area (Å²) >= 11 is 0. The maximum absolute atomic E-state index is 13.3. The van der Waals surface area contributed by atoms with Gasteiger partial charge >= 0.3 is 5.97 Å². The Balaban J connectivity index is 1.71. The van der Waals surface area contributed by atoms with Gasteiger partial charge in [-0.15, -0.1) is 0 Å². The fraction of sp³-hybridized carbons (Fsp3) is 0.346. The molecule has 0 bridgehead atoms. The molecular formula is C26H28N2O7. The molecule has 2 heterocycles. The lowest BCUT2D eigenvalue weighted by Crippen LogP contribution is -2.46. The molecule has 1 aliphatic rings. The van der Waals surface area contributed by atoms with Crippen molar-refractivity contribution in [3.63, 3.8) is 0 Å². The molecular weight excluding hydrogens is 452 g/mol. The van der Waals surface area contributed by atoms with Crippen LogP contribution in [0.5, 0.6) is 17.2 Å². The van der Waals surface area contributed by atoms with E-state index in [1.807, 2.05) is 18.2 Å². The minimum Gasteiger partial charge on any atom is -0.493 e. The Bertz CT molecular complexity index is 1210. The van der Waals surface area contributed by atoms with Crippen LogP contribution >= 0.6 is 0 Å². The zero-order chi connectivity index (χ0) is 24.9. The van der Waals surface area contributed by atoms with Crippen molar-refractivity contribution in [2.75, 3.05) is 47.6 Å². The van der Waals surface area contributed by atoms with Crippen molar-refractivity contribution in [3.8, 4) is 28.5 Å². The molecule has 184 valence electrons. The second-order valence-electron chi connectivity index (χ2n) is 7.97. The van der Waals surface area contributed by atoms with E-state index in [0.717, 1.165) is 0 Å². The van der Waals surface area contributed by atoms with Crippen molar-refractivity contribution < 1.29 is 33.3 Å². The number of esters is 1. The molecule has 2 aromatic carbocycles. The number of benzene rings is 2. The average Bonchev–Trinajstić information content (AvgIpc) is 2.91. The van der Waals surface area contributed by atoms with Crippen molar-refractivity contribution in [3.05, 3.63) is 48.0 Å². The van der Waals surface area contributed by atoms with E-state index in [4.69, 9.17) is 28.7 Å². The molecule has 1 fully saturated rings. The van der Waals surface area contributed by atoms with Gasteiger partial charge in [-0.05, 0) is 31.2 Å². The van der Waals surface area contributed by atoms with Crippen LogP contribution in [0.1, 0.15) is 17.3 Å². The van der Waals surface area contributed by atoms with Gasteiger partial charge in [0.1, 0.15) is 0 Å². The molecule has 4 rings (SSSR count). The van der Waals surface area contributed by atoms with Crippen LogP contribution in [-0.2, 0) is 14.3 Å². The molecule has 9 heteroatoms. The first kappa shape index (κ1) is 24.3. The van der Waals surface area contributed by atoms with Crippen LogP contribution in [0.4, 0.5) is 0 Å². The first-order valence-corrected chi connectivity index (χ1v) is 11.2. The van der Waals surface area contributed by atoms with E-state index in [0.29, 0.717) is 71.3 Å². The second kappa shape index (κ2) is 10.6. The van der Waals surface area contributed by atoms with Crippen LogP contribution in [0.3, 0.4) is 0 Å². The van der Waals surface area contributed by atoms with Gasteiger partial charge < -0.3 is 28.6 Å². The fourth-order valence-corrected chi connectivity index (χ4v) is 4.04. The van der Waals surface area contributed by atoms with Crippen LogP contribution in [0.25, 0.3) is 22.2 Å². The van der Waals surface area contributed by atoms with Gasteiger partial charge in [-0.25, -0.2) is 9.78 Å². The number of pyridine rings is 1. The van der Waals surface area contributed by atoms with Crippen molar-refractivity contribution in [2.24, 2.45) is 0 Å². The number of morpholine rings is 1. The Labute approximate surface area is 203 Å². The van der Waals surface area contributed by atoms with Crippen LogP contribution in [-0.4, -0.2) is 75.5 Å². The molecule has 3 aromatic rings. The number of para-hydroxylation sites is 1. The van der Waals surface area contributed by atoms with Gasteiger partial charge in [0.25, 0.3) is 5.91 Å². The maximum Gasteiger partial charge on any atom is 0.339 e. The van der Waals surface area contributed by atoms with Crippen LogP contribution in [0.15, 0.2) is 42.5 Å². The molecule has 1 atom stereocenters. The number of fused-ring (bicyclic) bond motifs is 1. The molecule has 0 N–H and O–H groups in total. The third kappa shape index (κ3) is 5.00. The number of nitrogens with zero attached hydrogens (tertiary/aromatic N) is 2. The van der Waals surface area contributed by atoms with E-state index in [1.165, 1.54) is 21.3 Å². The highest BCUT2D eigenvalue weighted by molar-refractivity contribution is 6.05. The number of carbonyl (C=O) groups is 2. The summed E-state index contributed by atoms with van der Waals surface area (Å²) in [7, 11) is 4.59. The van der Waals surface area contributed by atoms with Crippen molar-refractivity contribution in [2.45, 2.75) is 13.0 Å². The predicted molar refractivity (Wildman–Crippen MR) is 129 cm³/mol. The Morgan fingerprint density at radius 2 is 1.63 bits per heavy atom. The summed E-state index contributed by atoms with van der Waals surface area (Å²) in [5.41, 5.74) is 2.10. The minimum absolute atomic E-state index is 0.245. The van der Waals surface area contributed by atoms with Crippen molar-refractivity contribution >= 4 is 22.8 Å². The fourth-order valence-electron chi connectivity index (χ4n) is 4.04. The average molecular weight is 481 g/mol. The summed E-state index contributed by atoms with van der Waals surface area (Å²) in [6, 6.07) is 12.5. The van der Waals surface area contributed by atoms with E-state index in [-0.39, 0.29) is 5.91 Å². The van der Waals surface area contributed by atoms with Gasteiger partial charge in [0.2, 0.25) is 5.75 Å². The molecule has 0 radical (unpaired) electrons. The third-order valence-electron chi connectivity index (χ3n) is 5.85. The first-order chi connectivity index (χ1) is 17.0. The number of amides is 1. The molecule has 1 aliphatic heterocycles. The predicted octanol–water partition coefficient (Wildman–Crippen LogP) is 3.33. The topological polar surface area (TPSA) is 96.4 Å². The number of carbonyl (C=O) groups excluding carboxylic acids is 2. The monoisotopic (exact) mass is 480 g/mol. The number of hydrogen-bond donors (Lipinski definition) is 0. The Morgan fingerprint density at radius 3 is 2.26 bits per heavy atom. The lowest BCUT2D eigenvalue weighted by atomic mass is 10.0. The molecule has 0 saturated carbocycles. The number of rotatable bonds is 7. The Morgan fingerprint density at radius 1 is 0.971 bits per heavy atom. The summed E-state index contributed by atoms with van der Waals surface area (Å²) in [4.78, 5) is 32.4. The highest BCUT2D eigenvalue weighted by Gasteiger charge is 2.27. The van der Waals surface area contributed by atoms with Crippen LogP contribution in [0.2, 0.25) is 0 Å². The highest BCUT2D eigenvalue weighted by atomic mass is 16.5. The molecule has 0 aliphatic carbocycles. The normalized spacial score (nSPS) is 14.3. The molecule has 0 spiro atoms. The lowest BCUT2D eigenvalue weighted by molar-refractivity contribution is -0.143. The van der Waals surface area contributed by atoms with E-state index in [1.54, 1.807) is 36.1 Å². The Kier molecular flexibility index (Phi) is 7.36. The summed E-state index contributed by atoms with van der Waals surface area (Å²) in [6.45, 7) is 3.48. The van der Waals surface area contributed by atoms with Crippen LogP contribution < -0.4 is 14.2 Å². The molecule has 35 heavy (non-hydrogen) atoms. The number of hydrogen-bond acceptors (Lipinski definition) is 8. The maximum atomic E-state index is 13.3. The van der Waals surface area contributed by atoms with E-state index in [2.05, 4.69) is 0 Å². The standard InChI is InChI=1S/C26H28N2O7/c1-16(25(29)28-9-11-34-12-10-28)35-26(30)19-15-21(27-20-8-6-5-7-18(19)20)17-13-22(31-2)24(33-4)23(14-17)32-3/h5-8,13-16H,9-12H2,1-4H3. The number of methoxy groups -OCH3 is 3. The van der Waals surface area contributed by atoms with E-state index < -0.39 is 12.1 Å². The highest BCUT2D eigenvalue weighted by Crippen LogP contribution is 2.41. The quantitative estimate of drug-likeness (QED) is 0.475. The zero-order valence-electron chi connectivity index (χ0n) is 20.2. The van der Waals surface area contributed by atoms with Gasteiger partial charge in [-0.2, -0.15) is 0 Å². The second-order valence-corrected chi connectivity index (χ2v) is 7.97. The molecule has 1 amide bonds. The largest absolute Gasteiger partial charge is 0.493 e. The van der Waals surface area contributed by atoms with Gasteiger partial charge in [0.05, 0.1) is 51.3 Å². The SMILES string of the molecule is COc1cc(-c2cc(C(=O)OC(C)C(=O)N3CCOCC3)c3ccccc3n2)cc(OC)c1OC. The van der Waals surface area contributed by atoms with Gasteiger partial charge in [0.15, 0.2) is 17.6 Å². The van der Waals surface area contributed by atoms with Gasteiger partial charge in [0, 0.05) is 24.0 Å². The molecule has 1 saturated heterocycles. The first-order valence-electron chi connectivity index (χ1n) is 11.2. The van der Waals surface area contributed by atoms with E-state index in [9.17, 15) is 9.59 Å². The summed E-state index contributed by atoms with van der Waals surface area (Å²) in [5, 5.41) is 0.625. The molecule has 1 unspecified atom stereocenters.